The van der Waals surface area contributed by atoms with Crippen LogP contribution in [0.1, 0.15) is 219 Å². The van der Waals surface area contributed by atoms with Crippen molar-refractivity contribution in [2.45, 2.75) is 225 Å². The van der Waals surface area contributed by atoms with Crippen LogP contribution >= 0.6 is 7.82 Å². The molecule has 0 aromatic carbocycles. The van der Waals surface area contributed by atoms with E-state index >= 15 is 0 Å². The van der Waals surface area contributed by atoms with Crippen LogP contribution < -0.4 is 5.73 Å². The van der Waals surface area contributed by atoms with Crippen molar-refractivity contribution >= 4 is 19.8 Å². The van der Waals surface area contributed by atoms with Crippen molar-refractivity contribution in [2.75, 3.05) is 26.4 Å². The Labute approximate surface area is 506 Å². The van der Waals surface area contributed by atoms with Crippen molar-refractivity contribution in [3.05, 3.63) is 194 Å². The van der Waals surface area contributed by atoms with E-state index in [2.05, 4.69) is 208 Å². The van der Waals surface area contributed by atoms with Gasteiger partial charge in [-0.25, -0.2) is 4.57 Å². The molecule has 0 heterocycles. The molecule has 0 aliphatic rings. The minimum Gasteiger partial charge on any atom is -0.462 e. The van der Waals surface area contributed by atoms with Gasteiger partial charge in [-0.2, -0.15) is 0 Å². The van der Waals surface area contributed by atoms with Crippen LogP contribution in [0.2, 0.25) is 0 Å². The van der Waals surface area contributed by atoms with Crippen LogP contribution in [-0.2, 0) is 32.7 Å². The minimum atomic E-state index is -4.42. The normalized spacial score (nSPS) is 14.3. The number of unbranched alkanes of at least 4 members (excludes halogenated alkanes) is 12. The molecule has 0 spiro atoms. The van der Waals surface area contributed by atoms with E-state index < -0.39 is 32.5 Å². The topological polar surface area (TPSA) is 134 Å². The summed E-state index contributed by atoms with van der Waals surface area (Å²) < 4.78 is 33.1. The van der Waals surface area contributed by atoms with Gasteiger partial charge in [-0.15, -0.1) is 0 Å². The van der Waals surface area contributed by atoms with Crippen molar-refractivity contribution in [1.82, 2.24) is 0 Å². The van der Waals surface area contributed by atoms with E-state index in [-0.39, 0.29) is 32.6 Å². The van der Waals surface area contributed by atoms with Gasteiger partial charge in [-0.05, 0) is 141 Å². The third-order valence-electron chi connectivity index (χ3n) is 12.5. The van der Waals surface area contributed by atoms with Crippen LogP contribution in [-0.4, -0.2) is 49.3 Å². The van der Waals surface area contributed by atoms with Crippen molar-refractivity contribution in [2.24, 2.45) is 5.73 Å². The quantitative estimate of drug-likeness (QED) is 0.0264. The molecule has 0 amide bonds. The van der Waals surface area contributed by atoms with Crippen LogP contribution in [0.4, 0.5) is 0 Å². The molecule has 2 atom stereocenters. The fraction of sp³-hybridized carbons (Fsp3) is 0.534. The van der Waals surface area contributed by atoms with Crippen molar-refractivity contribution in [3.8, 4) is 0 Å². The minimum absolute atomic E-state index is 0.0372. The summed E-state index contributed by atoms with van der Waals surface area (Å²) in [6.07, 6.45) is 101. The molecular formula is C73H114NO8P. The third-order valence-corrected chi connectivity index (χ3v) is 13.5. The number of allylic oxidation sites excluding steroid dienone is 32. The number of esters is 2. The van der Waals surface area contributed by atoms with Gasteiger partial charge in [-0.3, -0.25) is 18.6 Å². The molecule has 2 unspecified atom stereocenters. The Bertz CT molecular complexity index is 2060. The molecule has 10 heteroatoms. The summed E-state index contributed by atoms with van der Waals surface area (Å²) in [5, 5.41) is 0. The van der Waals surface area contributed by atoms with Crippen LogP contribution in [0.25, 0.3) is 0 Å². The second kappa shape index (κ2) is 66.0. The molecule has 0 aromatic rings. The van der Waals surface area contributed by atoms with E-state index in [0.29, 0.717) is 12.8 Å². The van der Waals surface area contributed by atoms with Crippen LogP contribution in [0.5, 0.6) is 0 Å². The highest BCUT2D eigenvalue weighted by Crippen LogP contribution is 2.43. The van der Waals surface area contributed by atoms with E-state index in [9.17, 15) is 19.0 Å². The molecule has 0 saturated heterocycles. The van der Waals surface area contributed by atoms with Crippen molar-refractivity contribution in [1.29, 1.82) is 0 Å². The standard InChI is InChI=1S/C73H114NO8P/c1-3-5-7-9-11-13-15-17-19-21-23-25-27-29-30-31-32-33-34-35-36-37-38-39-40-42-44-46-48-50-52-54-56-58-60-62-64-66-73(76)82-71(70-81-83(77,78)80-68-67-74)69-79-72(75)65-63-61-59-57-55-53-51-49-47-45-43-41-28-26-24-22-20-18-16-14-12-10-8-6-4-2/h5-8,11-14,17-20,23-26,29-30,32-33,35-36,38-39,41-44,47-50,71H,3-4,9-10,15-16,21-22,27-28,31,34,37,40,45-46,51-70,74H2,1-2H3,(H,77,78)/b7-5-,8-6-,13-11-,14-12-,19-17-,20-18-,25-23-,26-24-,30-29-,33-32-,36-35-,39-38-,43-41-,44-42-,49-47-,50-48-. The van der Waals surface area contributed by atoms with Gasteiger partial charge in [0, 0.05) is 19.4 Å². The molecule has 0 aliphatic heterocycles. The number of ether oxygens (including phenoxy) is 2. The first-order chi connectivity index (χ1) is 40.8. The van der Waals surface area contributed by atoms with Gasteiger partial charge in [0.15, 0.2) is 6.10 Å². The second-order valence-corrected chi connectivity index (χ2v) is 21.6. The highest BCUT2D eigenvalue weighted by Gasteiger charge is 2.26. The second-order valence-electron chi connectivity index (χ2n) is 20.2. The number of hydrogen-bond donors (Lipinski definition) is 2. The highest BCUT2D eigenvalue weighted by molar-refractivity contribution is 7.47. The molecule has 0 rings (SSSR count). The lowest BCUT2D eigenvalue weighted by molar-refractivity contribution is -0.161. The lowest BCUT2D eigenvalue weighted by Gasteiger charge is -2.19. The predicted octanol–water partition coefficient (Wildman–Crippen LogP) is 21.0. The van der Waals surface area contributed by atoms with Gasteiger partial charge < -0.3 is 20.1 Å². The Morgan fingerprint density at radius 2 is 0.627 bits per heavy atom. The maximum Gasteiger partial charge on any atom is 0.472 e. The molecule has 0 aromatic heterocycles. The third kappa shape index (κ3) is 65.9. The fourth-order valence-corrected chi connectivity index (χ4v) is 8.61. The summed E-state index contributed by atoms with van der Waals surface area (Å²) in [4.78, 5) is 35.3. The number of carbonyl (C=O) groups excluding carboxylic acids is 2. The Morgan fingerprint density at radius 1 is 0.361 bits per heavy atom. The summed E-state index contributed by atoms with van der Waals surface area (Å²) in [7, 11) is -4.42. The lowest BCUT2D eigenvalue weighted by Crippen LogP contribution is -2.29. The molecular weight excluding hydrogens is 1050 g/mol. The Hall–Kier alpha value is -5.15. The van der Waals surface area contributed by atoms with Crippen molar-refractivity contribution in [3.63, 3.8) is 0 Å². The van der Waals surface area contributed by atoms with Gasteiger partial charge in [0.25, 0.3) is 0 Å². The predicted molar refractivity (Wildman–Crippen MR) is 357 cm³/mol. The first-order valence-corrected chi connectivity index (χ1v) is 33.4. The maximum absolute atomic E-state index is 12.7. The maximum atomic E-state index is 12.7. The van der Waals surface area contributed by atoms with Gasteiger partial charge in [0.2, 0.25) is 0 Å². The van der Waals surface area contributed by atoms with E-state index in [1.54, 1.807) is 0 Å². The van der Waals surface area contributed by atoms with Crippen molar-refractivity contribution < 1.29 is 37.6 Å². The number of hydrogen-bond acceptors (Lipinski definition) is 8. The van der Waals surface area contributed by atoms with E-state index in [0.717, 1.165) is 180 Å². The van der Waals surface area contributed by atoms with Gasteiger partial charge in [0.05, 0.1) is 13.2 Å². The van der Waals surface area contributed by atoms with Gasteiger partial charge >= 0.3 is 19.8 Å². The average Bonchev–Trinajstić information content (AvgIpc) is 3.49. The largest absolute Gasteiger partial charge is 0.472 e. The number of phosphoric ester groups is 1. The summed E-state index contributed by atoms with van der Waals surface area (Å²) in [6, 6.07) is 0. The average molecular weight is 1160 g/mol. The smallest absolute Gasteiger partial charge is 0.462 e. The molecule has 464 valence electrons. The molecule has 0 bridgehead atoms. The molecule has 83 heavy (non-hydrogen) atoms. The monoisotopic (exact) mass is 1160 g/mol. The summed E-state index contributed by atoms with van der Waals surface area (Å²) >= 11 is 0. The Morgan fingerprint density at radius 3 is 0.928 bits per heavy atom. The molecule has 0 fully saturated rings. The lowest BCUT2D eigenvalue weighted by atomic mass is 10.1. The zero-order valence-corrected chi connectivity index (χ0v) is 52.7. The van der Waals surface area contributed by atoms with E-state index in [4.69, 9.17) is 24.3 Å². The Balaban J connectivity index is 4.09. The molecule has 0 saturated carbocycles. The molecule has 9 nitrogen and oxygen atoms in total. The first-order valence-electron chi connectivity index (χ1n) is 31.9. The number of phosphoric acid groups is 1. The summed E-state index contributed by atoms with van der Waals surface area (Å²) in [6.45, 7) is 3.45. The zero-order valence-electron chi connectivity index (χ0n) is 51.8. The van der Waals surface area contributed by atoms with E-state index in [1.165, 1.54) is 0 Å². The van der Waals surface area contributed by atoms with Gasteiger partial charge in [0.1, 0.15) is 6.61 Å². The Kier molecular flexibility index (Phi) is 61.9. The van der Waals surface area contributed by atoms with Gasteiger partial charge in [-0.1, -0.05) is 260 Å². The highest BCUT2D eigenvalue weighted by atomic mass is 31.2. The summed E-state index contributed by atoms with van der Waals surface area (Å²) in [5.74, 6) is -0.878. The first kappa shape index (κ1) is 77.9. The zero-order chi connectivity index (χ0) is 60.1. The molecule has 0 aliphatic carbocycles. The molecule has 3 N–H and O–H groups in total. The van der Waals surface area contributed by atoms with Crippen LogP contribution in [0.15, 0.2) is 194 Å². The fourth-order valence-electron chi connectivity index (χ4n) is 7.84. The summed E-state index contributed by atoms with van der Waals surface area (Å²) in [5.41, 5.74) is 5.39. The molecule has 0 radical (unpaired) electrons. The van der Waals surface area contributed by atoms with E-state index in [1.807, 2.05) is 0 Å². The number of rotatable bonds is 57. The van der Waals surface area contributed by atoms with Crippen LogP contribution in [0, 0.1) is 0 Å². The van der Waals surface area contributed by atoms with Crippen LogP contribution in [0.3, 0.4) is 0 Å². The SMILES string of the molecule is CC/C=C\C/C=C\C/C=C\C/C=C\C/C=C\C/C=C\C/C=C\C/C=C\C/C=C\C/C=C\CCCCCCCCC(=O)OC(COC(=O)CCCCCCCC/C=C\C/C=C\C/C=C\C/C=C\C/C=C\C/C=C\CC)COP(=O)(O)OCCN. The number of nitrogens with two attached hydrogens (primary N) is 1. The number of carbonyl (C=O) groups is 2.